The molecule has 1 heterocycles. The molecule has 1 aromatic rings. The highest BCUT2D eigenvalue weighted by Crippen LogP contribution is 2.25. The van der Waals surface area contributed by atoms with Gasteiger partial charge in [-0.3, -0.25) is 4.79 Å². The molecule has 3 nitrogen and oxygen atoms in total. The lowest BCUT2D eigenvalue weighted by molar-refractivity contribution is -0.116. The molecule has 1 aromatic carbocycles. The van der Waals surface area contributed by atoms with Crippen molar-refractivity contribution < 1.29 is 4.79 Å². The fourth-order valence-electron chi connectivity index (χ4n) is 2.80. The third-order valence-electron chi connectivity index (χ3n) is 3.88. The Morgan fingerprint density at radius 1 is 1.30 bits per heavy atom. The molecule has 0 bridgehead atoms. The summed E-state index contributed by atoms with van der Waals surface area (Å²) in [6.07, 6.45) is 4.45. The van der Waals surface area contributed by atoms with Gasteiger partial charge in [0.1, 0.15) is 0 Å². The van der Waals surface area contributed by atoms with Gasteiger partial charge in [-0.1, -0.05) is 13.8 Å². The minimum atomic E-state index is 0.0964. The minimum Gasteiger partial charge on any atom is -0.369 e. The predicted molar refractivity (Wildman–Crippen MR) is 85.2 cm³/mol. The number of rotatable bonds is 4. The van der Waals surface area contributed by atoms with E-state index in [9.17, 15) is 4.79 Å². The van der Waals surface area contributed by atoms with E-state index in [-0.39, 0.29) is 5.91 Å². The molecule has 1 aliphatic rings. The van der Waals surface area contributed by atoms with Crippen molar-refractivity contribution in [2.45, 2.75) is 52.5 Å². The summed E-state index contributed by atoms with van der Waals surface area (Å²) in [5, 5.41) is 2.96. The molecule has 0 aromatic heterocycles. The molecule has 20 heavy (non-hydrogen) atoms. The molecule has 1 atom stereocenters. The normalized spacial score (nSPS) is 19.2. The van der Waals surface area contributed by atoms with Gasteiger partial charge >= 0.3 is 0 Å². The average molecular weight is 274 g/mol. The first-order valence-electron chi connectivity index (χ1n) is 7.73. The highest BCUT2D eigenvalue weighted by atomic mass is 16.1. The zero-order chi connectivity index (χ0) is 14.5. The Morgan fingerprint density at radius 3 is 2.60 bits per heavy atom. The summed E-state index contributed by atoms with van der Waals surface area (Å²) in [6, 6.07) is 8.87. The van der Waals surface area contributed by atoms with E-state index in [0.717, 1.165) is 12.2 Å². The molecule has 0 spiro atoms. The summed E-state index contributed by atoms with van der Waals surface area (Å²) in [5.74, 6) is 0.488. The third-order valence-corrected chi connectivity index (χ3v) is 3.88. The van der Waals surface area contributed by atoms with Crippen LogP contribution < -0.4 is 10.2 Å². The molecule has 1 aliphatic heterocycles. The first-order valence-corrected chi connectivity index (χ1v) is 7.73. The second kappa shape index (κ2) is 6.78. The van der Waals surface area contributed by atoms with Gasteiger partial charge in [0.25, 0.3) is 0 Å². The largest absolute Gasteiger partial charge is 0.369 e. The van der Waals surface area contributed by atoms with E-state index in [1.165, 1.54) is 24.9 Å². The van der Waals surface area contributed by atoms with Gasteiger partial charge in [-0.15, -0.1) is 0 Å². The highest BCUT2D eigenvalue weighted by molar-refractivity contribution is 5.91. The van der Waals surface area contributed by atoms with Gasteiger partial charge in [0.15, 0.2) is 0 Å². The van der Waals surface area contributed by atoms with Crippen LogP contribution in [0.3, 0.4) is 0 Å². The van der Waals surface area contributed by atoms with E-state index >= 15 is 0 Å². The number of amides is 1. The maximum absolute atomic E-state index is 11.7. The molecule has 1 fully saturated rings. The van der Waals surface area contributed by atoms with E-state index in [0.29, 0.717) is 18.4 Å². The molecule has 1 saturated heterocycles. The summed E-state index contributed by atoms with van der Waals surface area (Å²) in [6.45, 7) is 7.54. The predicted octanol–water partition coefficient (Wildman–Crippen LogP) is 4.05. The number of carbonyl (C=O) groups is 1. The topological polar surface area (TPSA) is 32.3 Å². The molecular weight excluding hydrogens is 248 g/mol. The van der Waals surface area contributed by atoms with Gasteiger partial charge < -0.3 is 10.2 Å². The lowest BCUT2D eigenvalue weighted by atomic mass is 10.0. The number of carbonyl (C=O) groups excluding carboxylic acids is 1. The zero-order valence-electron chi connectivity index (χ0n) is 12.9. The van der Waals surface area contributed by atoms with Crippen LogP contribution in [-0.4, -0.2) is 18.5 Å². The Labute approximate surface area is 122 Å². The summed E-state index contributed by atoms with van der Waals surface area (Å²) in [5.41, 5.74) is 2.16. The van der Waals surface area contributed by atoms with E-state index < -0.39 is 0 Å². The molecule has 0 aliphatic carbocycles. The van der Waals surface area contributed by atoms with Crippen molar-refractivity contribution in [2.24, 2.45) is 5.92 Å². The second-order valence-electron chi connectivity index (χ2n) is 6.23. The van der Waals surface area contributed by atoms with Crippen LogP contribution in [-0.2, 0) is 4.79 Å². The van der Waals surface area contributed by atoms with E-state index in [4.69, 9.17) is 0 Å². The summed E-state index contributed by atoms with van der Waals surface area (Å²) >= 11 is 0. The van der Waals surface area contributed by atoms with Crippen LogP contribution in [0.1, 0.15) is 46.5 Å². The number of benzene rings is 1. The van der Waals surface area contributed by atoms with Crippen molar-refractivity contribution in [3.63, 3.8) is 0 Å². The lowest BCUT2D eigenvalue weighted by Crippen LogP contribution is -2.37. The second-order valence-corrected chi connectivity index (χ2v) is 6.23. The monoisotopic (exact) mass is 274 g/mol. The van der Waals surface area contributed by atoms with Gasteiger partial charge in [-0.25, -0.2) is 0 Å². The van der Waals surface area contributed by atoms with Crippen LogP contribution in [0.15, 0.2) is 24.3 Å². The number of anilines is 2. The standard InChI is InChI=1S/C17H26N2O/c1-13(2)12-17(20)18-15-7-9-16(10-8-15)19-11-5-4-6-14(19)3/h7-10,13-14H,4-6,11-12H2,1-3H3,(H,18,20). The smallest absolute Gasteiger partial charge is 0.224 e. The maximum atomic E-state index is 11.7. The van der Waals surface area contributed by atoms with Crippen LogP contribution in [0.5, 0.6) is 0 Å². The number of piperidine rings is 1. The molecule has 2 rings (SSSR count). The number of hydrogen-bond acceptors (Lipinski definition) is 2. The first-order chi connectivity index (χ1) is 9.56. The molecule has 0 radical (unpaired) electrons. The van der Waals surface area contributed by atoms with Crippen molar-refractivity contribution in [1.82, 2.24) is 0 Å². The molecule has 1 unspecified atom stereocenters. The van der Waals surface area contributed by atoms with Gasteiger partial charge in [-0.05, 0) is 56.4 Å². The lowest BCUT2D eigenvalue weighted by Gasteiger charge is -2.35. The first kappa shape index (κ1) is 14.9. The van der Waals surface area contributed by atoms with Gasteiger partial charge in [-0.2, -0.15) is 0 Å². The van der Waals surface area contributed by atoms with Crippen LogP contribution in [0.25, 0.3) is 0 Å². The Kier molecular flexibility index (Phi) is 5.05. The minimum absolute atomic E-state index is 0.0964. The summed E-state index contributed by atoms with van der Waals surface area (Å²) in [4.78, 5) is 14.2. The van der Waals surface area contributed by atoms with E-state index in [1.54, 1.807) is 0 Å². The number of nitrogens with zero attached hydrogens (tertiary/aromatic N) is 1. The Bertz CT molecular complexity index is 439. The quantitative estimate of drug-likeness (QED) is 0.898. The summed E-state index contributed by atoms with van der Waals surface area (Å²) < 4.78 is 0. The van der Waals surface area contributed by atoms with Crippen molar-refractivity contribution in [2.75, 3.05) is 16.8 Å². The van der Waals surface area contributed by atoms with Crippen LogP contribution in [0, 0.1) is 5.92 Å². The SMILES string of the molecule is CC(C)CC(=O)Nc1ccc(N2CCCCC2C)cc1. The fourth-order valence-corrected chi connectivity index (χ4v) is 2.80. The summed E-state index contributed by atoms with van der Waals surface area (Å²) in [7, 11) is 0. The zero-order valence-corrected chi connectivity index (χ0v) is 12.9. The molecule has 110 valence electrons. The van der Waals surface area contributed by atoms with Crippen molar-refractivity contribution in [3.8, 4) is 0 Å². The van der Waals surface area contributed by atoms with E-state index in [1.807, 2.05) is 12.1 Å². The van der Waals surface area contributed by atoms with Crippen LogP contribution in [0.2, 0.25) is 0 Å². The molecule has 3 heteroatoms. The Hall–Kier alpha value is -1.51. The van der Waals surface area contributed by atoms with Gasteiger partial charge in [0.05, 0.1) is 0 Å². The molecule has 0 saturated carbocycles. The van der Waals surface area contributed by atoms with Crippen LogP contribution >= 0.6 is 0 Å². The molecular formula is C17H26N2O. The third kappa shape index (κ3) is 3.99. The highest BCUT2D eigenvalue weighted by Gasteiger charge is 2.18. The Balaban J connectivity index is 1.97. The fraction of sp³-hybridized carbons (Fsp3) is 0.588. The van der Waals surface area contributed by atoms with Crippen LogP contribution in [0.4, 0.5) is 11.4 Å². The number of nitrogens with one attached hydrogen (secondary N) is 1. The number of hydrogen-bond donors (Lipinski definition) is 1. The average Bonchev–Trinajstić information content (AvgIpc) is 2.39. The van der Waals surface area contributed by atoms with Gasteiger partial charge in [0.2, 0.25) is 5.91 Å². The molecule has 1 amide bonds. The van der Waals surface area contributed by atoms with Crippen molar-refractivity contribution >= 4 is 17.3 Å². The van der Waals surface area contributed by atoms with E-state index in [2.05, 4.69) is 43.1 Å². The molecule has 1 N–H and O–H groups in total. The van der Waals surface area contributed by atoms with Crippen molar-refractivity contribution in [3.05, 3.63) is 24.3 Å². The van der Waals surface area contributed by atoms with Gasteiger partial charge in [0, 0.05) is 30.4 Å². The van der Waals surface area contributed by atoms with Crippen molar-refractivity contribution in [1.29, 1.82) is 0 Å². The Morgan fingerprint density at radius 2 is 2.00 bits per heavy atom. The maximum Gasteiger partial charge on any atom is 0.224 e.